The van der Waals surface area contributed by atoms with Crippen LogP contribution in [0, 0.1) is 0 Å². The summed E-state index contributed by atoms with van der Waals surface area (Å²) in [4.78, 5) is 33.8. The Kier molecular flexibility index (Phi) is 6.68. The molecule has 5 rings (SSSR count). The van der Waals surface area contributed by atoms with Crippen molar-refractivity contribution in [1.82, 2.24) is 4.57 Å². The van der Waals surface area contributed by atoms with Gasteiger partial charge in [0.1, 0.15) is 5.76 Å². The number of morpholine rings is 1. The monoisotopic (exact) mass is 507 g/mol. The molecule has 9 heteroatoms. The third kappa shape index (κ3) is 4.44. The van der Waals surface area contributed by atoms with Gasteiger partial charge < -0.3 is 18.8 Å². The van der Waals surface area contributed by atoms with Gasteiger partial charge in [0.25, 0.3) is 5.56 Å². The number of thiazole rings is 1. The number of carbonyl (C=O) groups is 1. The molecule has 0 radical (unpaired) electrons. The highest BCUT2D eigenvalue weighted by Crippen LogP contribution is 2.31. The van der Waals surface area contributed by atoms with Crippen molar-refractivity contribution in [3.63, 3.8) is 0 Å². The molecule has 0 aliphatic carbocycles. The zero-order valence-corrected chi connectivity index (χ0v) is 21.6. The molecule has 8 nitrogen and oxygen atoms in total. The lowest BCUT2D eigenvalue weighted by Gasteiger charge is -2.26. The summed E-state index contributed by atoms with van der Waals surface area (Å²) in [7, 11) is 1.34. The van der Waals surface area contributed by atoms with Crippen molar-refractivity contribution in [1.29, 1.82) is 0 Å². The van der Waals surface area contributed by atoms with Crippen LogP contribution in [-0.4, -0.2) is 43.9 Å². The molecule has 0 spiro atoms. The Morgan fingerprint density at radius 3 is 2.56 bits per heavy atom. The largest absolute Gasteiger partial charge is 0.466 e. The number of ether oxygens (including phenoxy) is 2. The van der Waals surface area contributed by atoms with Crippen molar-refractivity contribution in [2.45, 2.75) is 32.7 Å². The summed E-state index contributed by atoms with van der Waals surface area (Å²) in [5, 5.41) is 0. The molecular formula is C27H29N3O5S. The van der Waals surface area contributed by atoms with Crippen LogP contribution in [0.4, 0.5) is 5.88 Å². The van der Waals surface area contributed by atoms with Gasteiger partial charge in [0.05, 0.1) is 42.2 Å². The molecule has 1 aromatic carbocycles. The van der Waals surface area contributed by atoms with Crippen molar-refractivity contribution in [3.8, 4) is 0 Å². The van der Waals surface area contributed by atoms with E-state index in [1.54, 1.807) is 17.6 Å². The number of aromatic nitrogens is 1. The first-order valence-corrected chi connectivity index (χ1v) is 12.8. The minimum atomic E-state index is -0.627. The Labute approximate surface area is 212 Å². The Bertz CT molecular complexity index is 1490. The van der Waals surface area contributed by atoms with Gasteiger partial charge in [-0.25, -0.2) is 9.79 Å². The average Bonchev–Trinajstić information content (AvgIpc) is 3.48. The van der Waals surface area contributed by atoms with Gasteiger partial charge >= 0.3 is 5.97 Å². The molecule has 36 heavy (non-hydrogen) atoms. The number of benzene rings is 1. The van der Waals surface area contributed by atoms with Crippen LogP contribution in [0.15, 0.2) is 61.9 Å². The fourth-order valence-electron chi connectivity index (χ4n) is 4.57. The number of methoxy groups -OCH3 is 1. The molecule has 0 bridgehead atoms. The number of anilines is 1. The van der Waals surface area contributed by atoms with Crippen LogP contribution in [0.1, 0.15) is 49.6 Å². The van der Waals surface area contributed by atoms with Gasteiger partial charge in [0.2, 0.25) is 0 Å². The predicted octanol–water partition coefficient (Wildman–Crippen LogP) is 2.96. The molecular weight excluding hydrogens is 478 g/mol. The van der Waals surface area contributed by atoms with Gasteiger partial charge in [-0.15, -0.1) is 0 Å². The molecule has 0 saturated carbocycles. The fourth-order valence-corrected chi connectivity index (χ4v) is 5.60. The third-order valence-electron chi connectivity index (χ3n) is 6.55. The summed E-state index contributed by atoms with van der Waals surface area (Å²) in [6.07, 6.45) is 1.74. The molecule has 0 amide bonds. The van der Waals surface area contributed by atoms with Crippen LogP contribution >= 0.6 is 11.3 Å². The minimum absolute atomic E-state index is 0.227. The number of esters is 1. The molecule has 1 atom stereocenters. The second-order valence-electron chi connectivity index (χ2n) is 9.17. The van der Waals surface area contributed by atoms with Crippen LogP contribution in [0.2, 0.25) is 0 Å². The number of fused-ring (bicyclic) bond motifs is 1. The Morgan fingerprint density at radius 1 is 1.17 bits per heavy atom. The lowest BCUT2D eigenvalue weighted by molar-refractivity contribution is -0.136. The number of rotatable bonds is 5. The highest BCUT2D eigenvalue weighted by molar-refractivity contribution is 7.07. The van der Waals surface area contributed by atoms with E-state index < -0.39 is 12.0 Å². The van der Waals surface area contributed by atoms with Gasteiger partial charge in [0.15, 0.2) is 10.7 Å². The summed E-state index contributed by atoms with van der Waals surface area (Å²) < 4.78 is 18.6. The first-order valence-electron chi connectivity index (χ1n) is 12.0. The van der Waals surface area contributed by atoms with Gasteiger partial charge in [-0.2, -0.15) is 0 Å². The summed E-state index contributed by atoms with van der Waals surface area (Å²) in [6, 6.07) is 11.2. The summed E-state index contributed by atoms with van der Waals surface area (Å²) in [5.74, 6) is 1.21. The second kappa shape index (κ2) is 9.91. The van der Waals surface area contributed by atoms with Crippen molar-refractivity contribution < 1.29 is 18.7 Å². The van der Waals surface area contributed by atoms with E-state index in [4.69, 9.17) is 13.9 Å². The van der Waals surface area contributed by atoms with Crippen LogP contribution < -0.4 is 19.8 Å². The molecule has 2 aromatic heterocycles. The van der Waals surface area contributed by atoms with Gasteiger partial charge in [-0.1, -0.05) is 49.4 Å². The van der Waals surface area contributed by atoms with Crippen LogP contribution in [0.5, 0.6) is 0 Å². The fraction of sp³-hybridized carbons (Fsp3) is 0.370. The summed E-state index contributed by atoms with van der Waals surface area (Å²) in [6.45, 7) is 8.88. The predicted molar refractivity (Wildman–Crippen MR) is 138 cm³/mol. The molecule has 2 aliphatic rings. The average molecular weight is 508 g/mol. The van der Waals surface area contributed by atoms with Crippen LogP contribution in [0.3, 0.4) is 0 Å². The zero-order valence-electron chi connectivity index (χ0n) is 20.8. The van der Waals surface area contributed by atoms with E-state index in [1.807, 2.05) is 36.4 Å². The first kappa shape index (κ1) is 24.3. The zero-order chi connectivity index (χ0) is 25.4. The van der Waals surface area contributed by atoms with E-state index in [9.17, 15) is 9.59 Å². The maximum Gasteiger partial charge on any atom is 0.338 e. The molecule has 0 unspecified atom stereocenters. The topological polar surface area (TPSA) is 86.3 Å². The Morgan fingerprint density at radius 2 is 1.89 bits per heavy atom. The second-order valence-corrected chi connectivity index (χ2v) is 10.2. The highest BCUT2D eigenvalue weighted by Gasteiger charge is 2.33. The molecule has 1 fully saturated rings. The van der Waals surface area contributed by atoms with E-state index in [1.165, 1.54) is 24.0 Å². The SMILES string of the molecule is COC(=O)C1=C(C)N=c2s/c(=C\c3ccc(N4CCOCC4)o3)c(=O)n2[C@@H]1c1ccc(C(C)C)cc1. The molecule has 1 saturated heterocycles. The number of hydrogen-bond donors (Lipinski definition) is 0. The maximum atomic E-state index is 13.7. The summed E-state index contributed by atoms with van der Waals surface area (Å²) in [5.41, 5.74) is 2.69. The van der Waals surface area contributed by atoms with Gasteiger partial charge in [-0.3, -0.25) is 9.36 Å². The van der Waals surface area contributed by atoms with Gasteiger partial charge in [0, 0.05) is 25.2 Å². The van der Waals surface area contributed by atoms with Crippen LogP contribution in [-0.2, 0) is 14.3 Å². The summed E-state index contributed by atoms with van der Waals surface area (Å²) >= 11 is 1.28. The van der Waals surface area contributed by atoms with E-state index in [0.717, 1.165) is 24.5 Å². The third-order valence-corrected chi connectivity index (χ3v) is 7.54. The van der Waals surface area contributed by atoms with Crippen LogP contribution in [0.25, 0.3) is 6.08 Å². The smallest absolute Gasteiger partial charge is 0.338 e. The maximum absolute atomic E-state index is 13.7. The molecule has 0 N–H and O–H groups in total. The Hall–Kier alpha value is -3.43. The molecule has 2 aliphatic heterocycles. The Balaban J connectivity index is 1.60. The normalized spacial score (nSPS) is 18.4. The highest BCUT2D eigenvalue weighted by atomic mass is 32.1. The van der Waals surface area contributed by atoms with Crippen molar-refractivity contribution >= 4 is 29.3 Å². The minimum Gasteiger partial charge on any atom is -0.466 e. The van der Waals surface area contributed by atoms with Crippen molar-refractivity contribution in [3.05, 3.63) is 84.2 Å². The van der Waals surface area contributed by atoms with Crippen molar-refractivity contribution in [2.24, 2.45) is 4.99 Å². The number of furan rings is 1. The van der Waals surface area contributed by atoms with E-state index in [-0.39, 0.29) is 5.56 Å². The standard InChI is InChI=1S/C27H29N3O5S/c1-16(2)18-5-7-19(8-6-18)24-23(26(32)33-4)17(3)28-27-30(24)25(31)21(36-27)15-20-9-10-22(35-20)29-11-13-34-14-12-29/h5-10,15-16,24H,11-14H2,1-4H3/b21-15-/t24-/m1/s1. The van der Waals surface area contributed by atoms with Gasteiger partial charge in [-0.05, 0) is 30.0 Å². The number of carbonyl (C=O) groups excluding carboxylic acids is 1. The molecule has 188 valence electrons. The molecule has 3 aromatic rings. The van der Waals surface area contributed by atoms with E-state index in [2.05, 4.69) is 23.7 Å². The lowest BCUT2D eigenvalue weighted by Crippen LogP contribution is -2.39. The number of allylic oxidation sites excluding steroid dienone is 1. The lowest BCUT2D eigenvalue weighted by atomic mass is 9.93. The number of nitrogens with zero attached hydrogens (tertiary/aromatic N) is 3. The van der Waals surface area contributed by atoms with E-state index >= 15 is 0 Å². The quantitative estimate of drug-likeness (QED) is 0.494. The van der Waals surface area contributed by atoms with Crippen molar-refractivity contribution in [2.75, 3.05) is 38.3 Å². The first-order chi connectivity index (χ1) is 17.4. The number of hydrogen-bond acceptors (Lipinski definition) is 8. The van der Waals surface area contributed by atoms with E-state index in [0.29, 0.717) is 45.5 Å². The molecule has 4 heterocycles.